The number of hydrogen-bond donors (Lipinski definition) is 2. The first-order valence-electron chi connectivity index (χ1n) is 6.70. The van der Waals surface area contributed by atoms with Crippen molar-refractivity contribution in [1.82, 2.24) is 10.2 Å². The molecule has 2 heterocycles. The van der Waals surface area contributed by atoms with E-state index < -0.39 is 0 Å². The fourth-order valence-corrected chi connectivity index (χ4v) is 2.36. The molecule has 0 bridgehead atoms. The normalized spacial score (nSPS) is 29.4. The Morgan fingerprint density at radius 1 is 1.33 bits per heavy atom. The van der Waals surface area contributed by atoms with E-state index in [1.165, 1.54) is 0 Å². The van der Waals surface area contributed by atoms with E-state index in [0.717, 1.165) is 32.5 Å². The molecule has 2 aliphatic heterocycles. The number of morpholine rings is 1. The SMILES string of the molecule is NCC1CN(CC(=O)NCC2CCCO2)CCO1. The number of rotatable bonds is 5. The molecule has 104 valence electrons. The molecule has 2 rings (SSSR count). The van der Waals surface area contributed by atoms with Crippen molar-refractivity contribution in [3.05, 3.63) is 0 Å². The highest BCUT2D eigenvalue weighted by Gasteiger charge is 2.22. The summed E-state index contributed by atoms with van der Waals surface area (Å²) in [5, 5.41) is 2.93. The number of nitrogens with one attached hydrogen (secondary N) is 1. The summed E-state index contributed by atoms with van der Waals surface area (Å²) in [6, 6.07) is 0. The maximum atomic E-state index is 11.8. The zero-order valence-corrected chi connectivity index (χ0v) is 10.8. The summed E-state index contributed by atoms with van der Waals surface area (Å²) in [7, 11) is 0. The van der Waals surface area contributed by atoms with Gasteiger partial charge in [-0.15, -0.1) is 0 Å². The van der Waals surface area contributed by atoms with Gasteiger partial charge in [0.15, 0.2) is 0 Å². The number of hydrogen-bond acceptors (Lipinski definition) is 5. The Hall–Kier alpha value is -0.690. The molecule has 2 atom stereocenters. The van der Waals surface area contributed by atoms with Gasteiger partial charge in [0.25, 0.3) is 0 Å². The first kappa shape index (κ1) is 13.7. The molecule has 2 fully saturated rings. The van der Waals surface area contributed by atoms with Gasteiger partial charge in [0.1, 0.15) is 0 Å². The smallest absolute Gasteiger partial charge is 0.234 e. The van der Waals surface area contributed by atoms with Crippen LogP contribution in [0, 0.1) is 0 Å². The summed E-state index contributed by atoms with van der Waals surface area (Å²) in [5.41, 5.74) is 5.57. The molecular weight excluding hydrogens is 234 g/mol. The maximum Gasteiger partial charge on any atom is 0.234 e. The lowest BCUT2D eigenvalue weighted by Crippen LogP contribution is -2.49. The summed E-state index contributed by atoms with van der Waals surface area (Å²) in [5.74, 6) is 0.0585. The van der Waals surface area contributed by atoms with Crippen LogP contribution in [0.1, 0.15) is 12.8 Å². The lowest BCUT2D eigenvalue weighted by Gasteiger charge is -2.31. The molecule has 0 aliphatic carbocycles. The van der Waals surface area contributed by atoms with Gasteiger partial charge in [-0.2, -0.15) is 0 Å². The van der Waals surface area contributed by atoms with E-state index in [2.05, 4.69) is 10.2 Å². The van der Waals surface area contributed by atoms with Crippen molar-refractivity contribution in [3.63, 3.8) is 0 Å². The molecule has 0 aromatic heterocycles. The molecular formula is C12H23N3O3. The minimum absolute atomic E-state index is 0.0585. The molecule has 0 spiro atoms. The monoisotopic (exact) mass is 257 g/mol. The Bertz CT molecular complexity index is 269. The van der Waals surface area contributed by atoms with Crippen LogP contribution in [0.3, 0.4) is 0 Å². The lowest BCUT2D eigenvalue weighted by molar-refractivity contribution is -0.124. The predicted octanol–water partition coefficient (Wildman–Crippen LogP) is -1.06. The number of carbonyl (C=O) groups excluding carboxylic acids is 1. The van der Waals surface area contributed by atoms with E-state index in [0.29, 0.717) is 26.2 Å². The number of nitrogens with two attached hydrogens (primary N) is 1. The first-order valence-corrected chi connectivity index (χ1v) is 6.70. The standard InChI is InChI=1S/C12H23N3O3/c13-6-11-8-15(3-5-18-11)9-12(16)14-7-10-2-1-4-17-10/h10-11H,1-9,13H2,(H,14,16). The molecule has 0 aromatic rings. The molecule has 18 heavy (non-hydrogen) atoms. The molecule has 0 aromatic carbocycles. The van der Waals surface area contributed by atoms with Gasteiger partial charge in [0.2, 0.25) is 5.91 Å². The second kappa shape index (κ2) is 7.04. The third-order valence-electron chi connectivity index (χ3n) is 3.40. The van der Waals surface area contributed by atoms with Crippen molar-refractivity contribution in [1.29, 1.82) is 0 Å². The zero-order chi connectivity index (χ0) is 12.8. The van der Waals surface area contributed by atoms with Gasteiger partial charge in [-0.3, -0.25) is 9.69 Å². The number of nitrogens with zero attached hydrogens (tertiary/aromatic N) is 1. The van der Waals surface area contributed by atoms with Crippen LogP contribution in [-0.2, 0) is 14.3 Å². The van der Waals surface area contributed by atoms with E-state index in [9.17, 15) is 4.79 Å². The molecule has 2 aliphatic rings. The van der Waals surface area contributed by atoms with Gasteiger partial charge >= 0.3 is 0 Å². The van der Waals surface area contributed by atoms with Crippen LogP contribution in [0.25, 0.3) is 0 Å². The van der Waals surface area contributed by atoms with Crippen LogP contribution in [-0.4, -0.2) is 69.0 Å². The average Bonchev–Trinajstić information content (AvgIpc) is 2.90. The van der Waals surface area contributed by atoms with Gasteiger partial charge in [-0.25, -0.2) is 0 Å². The third-order valence-corrected chi connectivity index (χ3v) is 3.40. The first-order chi connectivity index (χ1) is 8.78. The number of amides is 1. The van der Waals surface area contributed by atoms with Crippen LogP contribution in [0.15, 0.2) is 0 Å². The van der Waals surface area contributed by atoms with Crippen molar-refractivity contribution in [2.75, 3.05) is 45.9 Å². The highest BCUT2D eigenvalue weighted by molar-refractivity contribution is 5.78. The van der Waals surface area contributed by atoms with E-state index in [-0.39, 0.29) is 18.1 Å². The number of carbonyl (C=O) groups is 1. The van der Waals surface area contributed by atoms with Crippen molar-refractivity contribution in [2.24, 2.45) is 5.73 Å². The van der Waals surface area contributed by atoms with E-state index >= 15 is 0 Å². The molecule has 6 heteroatoms. The van der Waals surface area contributed by atoms with Crippen LogP contribution in [0.4, 0.5) is 0 Å². The minimum Gasteiger partial charge on any atom is -0.376 e. The molecule has 3 N–H and O–H groups in total. The molecule has 1 amide bonds. The lowest BCUT2D eigenvalue weighted by atomic mass is 10.2. The summed E-state index contributed by atoms with van der Waals surface area (Å²) in [4.78, 5) is 13.9. The Kier molecular flexibility index (Phi) is 5.37. The topological polar surface area (TPSA) is 76.8 Å². The predicted molar refractivity (Wildman–Crippen MR) is 67.2 cm³/mol. The Morgan fingerprint density at radius 3 is 2.89 bits per heavy atom. The highest BCUT2D eigenvalue weighted by Crippen LogP contribution is 2.10. The largest absolute Gasteiger partial charge is 0.376 e. The van der Waals surface area contributed by atoms with Crippen LogP contribution < -0.4 is 11.1 Å². The van der Waals surface area contributed by atoms with Crippen molar-refractivity contribution >= 4 is 5.91 Å². The quantitative estimate of drug-likeness (QED) is 0.656. The third kappa shape index (κ3) is 4.20. The van der Waals surface area contributed by atoms with Gasteiger partial charge in [-0.05, 0) is 12.8 Å². The van der Waals surface area contributed by atoms with E-state index in [1.807, 2.05) is 0 Å². The van der Waals surface area contributed by atoms with Gasteiger partial charge in [0, 0.05) is 32.8 Å². The van der Waals surface area contributed by atoms with Crippen molar-refractivity contribution < 1.29 is 14.3 Å². The summed E-state index contributed by atoms with van der Waals surface area (Å²) < 4.78 is 10.9. The van der Waals surface area contributed by atoms with Crippen LogP contribution in [0.2, 0.25) is 0 Å². The second-order valence-corrected chi connectivity index (χ2v) is 4.90. The Balaban J connectivity index is 1.63. The highest BCUT2D eigenvalue weighted by atomic mass is 16.5. The van der Waals surface area contributed by atoms with Crippen molar-refractivity contribution in [3.8, 4) is 0 Å². The molecule has 2 saturated heterocycles. The van der Waals surface area contributed by atoms with Gasteiger partial charge in [0.05, 0.1) is 25.4 Å². The van der Waals surface area contributed by atoms with Crippen LogP contribution >= 0.6 is 0 Å². The minimum atomic E-state index is 0.0585. The number of ether oxygens (including phenoxy) is 2. The fourth-order valence-electron chi connectivity index (χ4n) is 2.36. The summed E-state index contributed by atoms with van der Waals surface area (Å²) in [6.07, 6.45) is 2.41. The molecule has 0 radical (unpaired) electrons. The van der Waals surface area contributed by atoms with E-state index in [4.69, 9.17) is 15.2 Å². The second-order valence-electron chi connectivity index (χ2n) is 4.90. The summed E-state index contributed by atoms with van der Waals surface area (Å²) >= 11 is 0. The summed E-state index contributed by atoms with van der Waals surface area (Å²) in [6.45, 7) is 4.57. The van der Waals surface area contributed by atoms with Gasteiger partial charge < -0.3 is 20.5 Å². The Morgan fingerprint density at radius 2 is 2.17 bits per heavy atom. The fraction of sp³-hybridized carbons (Fsp3) is 0.917. The van der Waals surface area contributed by atoms with Crippen molar-refractivity contribution in [2.45, 2.75) is 25.0 Å². The van der Waals surface area contributed by atoms with Crippen LogP contribution in [0.5, 0.6) is 0 Å². The zero-order valence-electron chi connectivity index (χ0n) is 10.8. The Labute approximate surface area is 108 Å². The average molecular weight is 257 g/mol. The molecule has 6 nitrogen and oxygen atoms in total. The molecule has 2 unspecified atom stereocenters. The maximum absolute atomic E-state index is 11.8. The van der Waals surface area contributed by atoms with E-state index in [1.54, 1.807) is 0 Å². The molecule has 0 saturated carbocycles. The van der Waals surface area contributed by atoms with Gasteiger partial charge in [-0.1, -0.05) is 0 Å².